The zero-order valence-corrected chi connectivity index (χ0v) is 11.7. The fraction of sp³-hybridized carbons (Fsp3) is 0.750. The van der Waals surface area contributed by atoms with Crippen LogP contribution in [0, 0.1) is 5.92 Å². The zero-order chi connectivity index (χ0) is 15.1. The predicted molar refractivity (Wildman–Crippen MR) is 70.2 cm³/mol. The first-order valence-electron chi connectivity index (χ1n) is 6.45. The largest absolute Gasteiger partial charge is 0.480 e. The average molecular weight is 287 g/mol. The van der Waals surface area contributed by atoms with Crippen molar-refractivity contribution in [3.05, 3.63) is 0 Å². The second-order valence-corrected chi connectivity index (χ2v) is 4.80. The summed E-state index contributed by atoms with van der Waals surface area (Å²) in [5, 5.41) is 14.0. The number of likely N-dealkylation sites (N-methyl/N-ethyl adjacent to an activating group) is 1. The molecule has 0 bridgehead atoms. The van der Waals surface area contributed by atoms with Crippen LogP contribution in [0.4, 0.5) is 4.79 Å². The molecule has 0 aliphatic heterocycles. The molecule has 1 unspecified atom stereocenters. The molecule has 0 spiro atoms. The van der Waals surface area contributed by atoms with E-state index in [0.29, 0.717) is 13.2 Å². The van der Waals surface area contributed by atoms with Crippen molar-refractivity contribution in [3.63, 3.8) is 0 Å². The molecule has 0 heterocycles. The third-order valence-corrected chi connectivity index (χ3v) is 2.99. The van der Waals surface area contributed by atoms with Crippen LogP contribution in [0.2, 0.25) is 0 Å². The molecular formula is C12H21N3O5. The van der Waals surface area contributed by atoms with Gasteiger partial charge in [0.25, 0.3) is 0 Å². The Hall–Kier alpha value is -1.83. The van der Waals surface area contributed by atoms with E-state index >= 15 is 0 Å². The highest BCUT2D eigenvalue weighted by molar-refractivity contribution is 5.86. The lowest BCUT2D eigenvalue weighted by molar-refractivity contribution is -0.139. The molecule has 1 atom stereocenters. The third kappa shape index (κ3) is 5.43. The first-order valence-corrected chi connectivity index (χ1v) is 6.45. The minimum atomic E-state index is -1.04. The van der Waals surface area contributed by atoms with E-state index in [2.05, 4.69) is 10.6 Å². The molecule has 0 aromatic heterocycles. The van der Waals surface area contributed by atoms with Crippen LogP contribution in [-0.4, -0.2) is 67.8 Å². The van der Waals surface area contributed by atoms with Gasteiger partial charge >= 0.3 is 12.0 Å². The minimum absolute atomic E-state index is 0.000351. The predicted octanol–water partition coefficient (Wildman–Crippen LogP) is -0.746. The topological polar surface area (TPSA) is 108 Å². The molecule has 8 heteroatoms. The minimum Gasteiger partial charge on any atom is -0.480 e. The van der Waals surface area contributed by atoms with Crippen LogP contribution in [0.25, 0.3) is 0 Å². The van der Waals surface area contributed by atoms with E-state index in [9.17, 15) is 14.4 Å². The van der Waals surface area contributed by atoms with Gasteiger partial charge in [0.2, 0.25) is 5.91 Å². The molecule has 3 N–H and O–H groups in total. The van der Waals surface area contributed by atoms with Crippen molar-refractivity contribution in [2.24, 2.45) is 5.92 Å². The van der Waals surface area contributed by atoms with Crippen molar-refractivity contribution >= 4 is 17.9 Å². The Balaban J connectivity index is 2.34. The van der Waals surface area contributed by atoms with Crippen molar-refractivity contribution in [1.82, 2.24) is 15.5 Å². The summed E-state index contributed by atoms with van der Waals surface area (Å²) in [6, 6.07) is -1.44. The van der Waals surface area contributed by atoms with E-state index in [-0.39, 0.29) is 18.4 Å². The van der Waals surface area contributed by atoms with Gasteiger partial charge in [0.15, 0.2) is 0 Å². The summed E-state index contributed by atoms with van der Waals surface area (Å²) < 4.78 is 4.78. The number of aliphatic carboxylic acids is 1. The van der Waals surface area contributed by atoms with Crippen molar-refractivity contribution in [3.8, 4) is 0 Å². The van der Waals surface area contributed by atoms with Gasteiger partial charge in [-0.1, -0.05) is 0 Å². The van der Waals surface area contributed by atoms with Crippen LogP contribution in [0.1, 0.15) is 12.8 Å². The molecule has 0 saturated heterocycles. The number of hydrogen-bond acceptors (Lipinski definition) is 4. The van der Waals surface area contributed by atoms with E-state index in [1.54, 1.807) is 0 Å². The van der Waals surface area contributed by atoms with Crippen molar-refractivity contribution in [2.75, 3.05) is 33.9 Å². The Morgan fingerprint density at radius 3 is 2.55 bits per heavy atom. The molecule has 3 amide bonds. The summed E-state index contributed by atoms with van der Waals surface area (Å²) in [7, 11) is 2.96. The number of nitrogens with zero attached hydrogens (tertiary/aromatic N) is 1. The van der Waals surface area contributed by atoms with E-state index in [1.807, 2.05) is 0 Å². The quantitative estimate of drug-likeness (QED) is 0.509. The second-order valence-electron chi connectivity index (χ2n) is 4.80. The summed E-state index contributed by atoms with van der Waals surface area (Å²) >= 11 is 0. The van der Waals surface area contributed by atoms with Gasteiger partial charge in [-0.2, -0.15) is 0 Å². The van der Waals surface area contributed by atoms with E-state index in [1.165, 1.54) is 14.2 Å². The third-order valence-electron chi connectivity index (χ3n) is 2.99. The number of carbonyl (C=O) groups is 3. The van der Waals surface area contributed by atoms with Crippen molar-refractivity contribution in [2.45, 2.75) is 18.9 Å². The fourth-order valence-corrected chi connectivity index (χ4v) is 1.69. The van der Waals surface area contributed by atoms with E-state index in [4.69, 9.17) is 9.84 Å². The number of amides is 3. The monoisotopic (exact) mass is 287 g/mol. The van der Waals surface area contributed by atoms with Gasteiger partial charge < -0.3 is 25.4 Å². The number of nitrogens with one attached hydrogen (secondary N) is 2. The van der Waals surface area contributed by atoms with Crippen molar-refractivity contribution in [1.29, 1.82) is 0 Å². The van der Waals surface area contributed by atoms with Crippen LogP contribution in [0.3, 0.4) is 0 Å². The molecule has 1 saturated carbocycles. The molecule has 114 valence electrons. The van der Waals surface area contributed by atoms with Crippen LogP contribution < -0.4 is 10.6 Å². The summed E-state index contributed by atoms with van der Waals surface area (Å²) in [5.41, 5.74) is 0. The molecule has 0 aromatic rings. The zero-order valence-electron chi connectivity index (χ0n) is 11.7. The van der Waals surface area contributed by atoms with Gasteiger partial charge in [-0.05, 0) is 18.8 Å². The molecule has 1 fully saturated rings. The molecule has 8 nitrogen and oxygen atoms in total. The second kappa shape index (κ2) is 7.68. The maximum absolute atomic E-state index is 11.8. The first kappa shape index (κ1) is 16.2. The lowest BCUT2D eigenvalue weighted by atomic mass is 10.2. The molecular weight excluding hydrogens is 266 g/mol. The van der Waals surface area contributed by atoms with Gasteiger partial charge in [-0.25, -0.2) is 9.59 Å². The Kier molecular flexibility index (Phi) is 6.23. The summed E-state index contributed by atoms with van der Waals surface area (Å²) in [4.78, 5) is 35.5. The van der Waals surface area contributed by atoms with Gasteiger partial charge in [-0.15, -0.1) is 0 Å². The van der Waals surface area contributed by atoms with Crippen LogP contribution in [-0.2, 0) is 14.3 Å². The Bertz CT molecular complexity index is 370. The normalized spacial score (nSPS) is 15.3. The molecule has 1 aliphatic carbocycles. The standard InChI is InChI=1S/C12H21N3O5/c1-15(7-9(16)13-5-6-20-2)12(19)14-10(11(17)18)8-3-4-8/h8,10H,3-7H2,1-2H3,(H,13,16)(H,14,19)(H,17,18). The van der Waals surface area contributed by atoms with Gasteiger partial charge in [0.05, 0.1) is 6.61 Å². The fourth-order valence-electron chi connectivity index (χ4n) is 1.69. The number of rotatable bonds is 8. The summed E-state index contributed by atoms with van der Waals surface area (Å²) in [6.07, 6.45) is 1.61. The van der Waals surface area contributed by atoms with Crippen LogP contribution in [0.15, 0.2) is 0 Å². The number of hydrogen-bond donors (Lipinski definition) is 3. The molecule has 0 radical (unpaired) electrons. The van der Waals surface area contributed by atoms with Gasteiger partial charge in [-0.3, -0.25) is 4.79 Å². The number of carboxylic acid groups (broad SMARTS) is 1. The average Bonchev–Trinajstić information content (AvgIpc) is 3.19. The van der Waals surface area contributed by atoms with Crippen LogP contribution >= 0.6 is 0 Å². The summed E-state index contributed by atoms with van der Waals surface area (Å²) in [5.74, 6) is -1.36. The number of carboxylic acids is 1. The van der Waals surface area contributed by atoms with E-state index < -0.39 is 18.0 Å². The Morgan fingerprint density at radius 1 is 1.40 bits per heavy atom. The van der Waals surface area contributed by atoms with Crippen molar-refractivity contribution < 1.29 is 24.2 Å². The van der Waals surface area contributed by atoms with Gasteiger partial charge in [0.1, 0.15) is 12.6 Å². The Morgan fingerprint density at radius 2 is 2.05 bits per heavy atom. The SMILES string of the molecule is COCCNC(=O)CN(C)C(=O)NC(C(=O)O)C1CC1. The molecule has 1 rings (SSSR count). The lowest BCUT2D eigenvalue weighted by Gasteiger charge is -2.20. The highest BCUT2D eigenvalue weighted by Gasteiger charge is 2.37. The molecule has 0 aromatic carbocycles. The smallest absolute Gasteiger partial charge is 0.326 e. The maximum atomic E-state index is 11.8. The summed E-state index contributed by atoms with van der Waals surface area (Å²) in [6.45, 7) is 0.627. The van der Waals surface area contributed by atoms with E-state index in [0.717, 1.165) is 17.7 Å². The highest BCUT2D eigenvalue weighted by Crippen LogP contribution is 2.32. The molecule has 1 aliphatic rings. The van der Waals surface area contributed by atoms with Gasteiger partial charge in [0, 0.05) is 20.7 Å². The number of carbonyl (C=O) groups excluding carboxylic acids is 2. The Labute approximate surface area is 117 Å². The first-order chi connectivity index (χ1) is 9.45. The number of ether oxygens (including phenoxy) is 1. The lowest BCUT2D eigenvalue weighted by Crippen LogP contribution is -2.50. The highest BCUT2D eigenvalue weighted by atomic mass is 16.5. The van der Waals surface area contributed by atoms with Crippen LogP contribution in [0.5, 0.6) is 0 Å². The molecule has 20 heavy (non-hydrogen) atoms. The number of methoxy groups -OCH3 is 1. The number of urea groups is 1. The maximum Gasteiger partial charge on any atom is 0.326 e.